The van der Waals surface area contributed by atoms with Crippen LogP contribution in [0.15, 0.2) is 12.4 Å². The normalized spacial score (nSPS) is 9.18. The summed E-state index contributed by atoms with van der Waals surface area (Å²) in [4.78, 5) is 7.59. The van der Waals surface area contributed by atoms with Gasteiger partial charge in [0.15, 0.2) is 5.11 Å². The maximum Gasteiger partial charge on any atom is 0.228 e. The third kappa shape index (κ3) is 2.65. The zero-order chi connectivity index (χ0) is 8.27. The van der Waals surface area contributed by atoms with Crippen molar-refractivity contribution in [1.29, 1.82) is 0 Å². The van der Waals surface area contributed by atoms with Gasteiger partial charge in [-0.05, 0) is 12.2 Å². The lowest BCUT2D eigenvalue weighted by Crippen LogP contribution is -2.20. The van der Waals surface area contributed by atoms with Crippen LogP contribution in [-0.2, 0) is 0 Å². The molecule has 0 aliphatic rings. The molecule has 0 saturated carbocycles. The maximum absolute atomic E-state index is 5.53. The van der Waals surface area contributed by atoms with Crippen molar-refractivity contribution in [2.45, 2.75) is 0 Å². The number of hydrogen-bond acceptors (Lipinski definition) is 3. The van der Waals surface area contributed by atoms with Gasteiger partial charge in [-0.25, -0.2) is 9.97 Å². The molecule has 0 atom stereocenters. The summed E-state index contributed by atoms with van der Waals surface area (Å²) in [5.41, 5.74) is 5.17. The molecule has 1 rings (SSSR count). The molecule has 0 aromatic carbocycles. The van der Waals surface area contributed by atoms with Gasteiger partial charge < -0.3 is 11.1 Å². The molecule has 0 saturated heterocycles. The van der Waals surface area contributed by atoms with Crippen LogP contribution in [-0.4, -0.2) is 15.1 Å². The van der Waals surface area contributed by atoms with Crippen molar-refractivity contribution in [3.05, 3.63) is 17.4 Å². The number of nitrogens with two attached hydrogens (primary N) is 1. The van der Waals surface area contributed by atoms with Gasteiger partial charge >= 0.3 is 0 Å². The van der Waals surface area contributed by atoms with Gasteiger partial charge in [0.05, 0.1) is 17.4 Å². The summed E-state index contributed by atoms with van der Waals surface area (Å²) in [6, 6.07) is 0. The van der Waals surface area contributed by atoms with E-state index in [1.807, 2.05) is 0 Å². The average molecular weight is 189 g/mol. The lowest BCUT2D eigenvalue weighted by atomic mass is 10.7. The molecule has 0 bridgehead atoms. The van der Waals surface area contributed by atoms with Crippen LogP contribution in [0.2, 0.25) is 5.02 Å². The molecule has 1 aromatic rings. The van der Waals surface area contributed by atoms with Gasteiger partial charge in [-0.2, -0.15) is 0 Å². The van der Waals surface area contributed by atoms with E-state index in [1.165, 1.54) is 12.4 Å². The second-order valence-corrected chi connectivity index (χ2v) is 2.59. The SMILES string of the molecule is NC(=S)Nc1ncc(Cl)cn1. The van der Waals surface area contributed by atoms with Crippen LogP contribution in [0.1, 0.15) is 0 Å². The molecule has 1 heterocycles. The van der Waals surface area contributed by atoms with Crippen LogP contribution in [0, 0.1) is 0 Å². The predicted molar refractivity (Wildman–Crippen MR) is 47.5 cm³/mol. The minimum Gasteiger partial charge on any atom is -0.376 e. The molecule has 0 fully saturated rings. The van der Waals surface area contributed by atoms with Crippen LogP contribution in [0.4, 0.5) is 5.95 Å². The summed E-state index contributed by atoms with van der Waals surface area (Å²) < 4.78 is 0. The molecule has 58 valence electrons. The van der Waals surface area contributed by atoms with E-state index in [-0.39, 0.29) is 5.11 Å². The molecular formula is C5H5ClN4S. The Balaban J connectivity index is 2.74. The van der Waals surface area contributed by atoms with Crippen molar-refractivity contribution >= 4 is 34.9 Å². The van der Waals surface area contributed by atoms with Crippen LogP contribution < -0.4 is 11.1 Å². The molecule has 4 nitrogen and oxygen atoms in total. The molecular weight excluding hydrogens is 184 g/mol. The minimum atomic E-state index is 0.132. The van der Waals surface area contributed by atoms with Gasteiger partial charge in [0, 0.05) is 0 Å². The topological polar surface area (TPSA) is 63.8 Å². The van der Waals surface area contributed by atoms with E-state index < -0.39 is 0 Å². The van der Waals surface area contributed by atoms with Gasteiger partial charge in [-0.3, -0.25) is 0 Å². The number of nitrogens with zero attached hydrogens (tertiary/aromatic N) is 2. The second-order valence-electron chi connectivity index (χ2n) is 1.71. The van der Waals surface area contributed by atoms with E-state index in [2.05, 4.69) is 27.5 Å². The number of hydrogen-bond donors (Lipinski definition) is 2. The monoisotopic (exact) mass is 188 g/mol. The zero-order valence-corrected chi connectivity index (χ0v) is 6.99. The molecule has 11 heavy (non-hydrogen) atoms. The molecule has 1 aromatic heterocycles. The highest BCUT2D eigenvalue weighted by molar-refractivity contribution is 7.80. The Kier molecular flexibility index (Phi) is 2.56. The quantitative estimate of drug-likeness (QED) is 0.638. The third-order valence-corrected chi connectivity index (χ3v) is 1.15. The van der Waals surface area contributed by atoms with Gasteiger partial charge in [0.2, 0.25) is 5.95 Å². The van der Waals surface area contributed by atoms with E-state index in [0.717, 1.165) is 0 Å². The number of anilines is 1. The zero-order valence-electron chi connectivity index (χ0n) is 5.41. The summed E-state index contributed by atoms with van der Waals surface area (Å²) in [6.45, 7) is 0. The first-order valence-electron chi connectivity index (χ1n) is 2.72. The minimum absolute atomic E-state index is 0.132. The third-order valence-electron chi connectivity index (χ3n) is 0.855. The van der Waals surface area contributed by atoms with Crippen molar-refractivity contribution in [2.75, 3.05) is 5.32 Å². The molecule has 6 heteroatoms. The standard InChI is InChI=1S/C5H5ClN4S/c6-3-1-8-5(9-2-3)10-4(7)11/h1-2H,(H3,7,8,9,10,11). The highest BCUT2D eigenvalue weighted by atomic mass is 35.5. The van der Waals surface area contributed by atoms with Crippen molar-refractivity contribution in [3.8, 4) is 0 Å². The van der Waals surface area contributed by atoms with E-state index in [4.69, 9.17) is 17.3 Å². The molecule has 0 amide bonds. The highest BCUT2D eigenvalue weighted by Gasteiger charge is 1.94. The smallest absolute Gasteiger partial charge is 0.228 e. The Hall–Kier alpha value is -0.940. The molecule has 3 N–H and O–H groups in total. The lowest BCUT2D eigenvalue weighted by molar-refractivity contribution is 1.17. The first-order valence-corrected chi connectivity index (χ1v) is 3.51. The van der Waals surface area contributed by atoms with Crippen molar-refractivity contribution in [2.24, 2.45) is 5.73 Å². The summed E-state index contributed by atoms with van der Waals surface area (Å²) in [5, 5.41) is 3.16. The summed E-state index contributed by atoms with van der Waals surface area (Å²) in [7, 11) is 0. The van der Waals surface area contributed by atoms with Gasteiger partial charge in [0.1, 0.15) is 0 Å². The number of aromatic nitrogens is 2. The largest absolute Gasteiger partial charge is 0.376 e. The number of rotatable bonds is 1. The van der Waals surface area contributed by atoms with Crippen molar-refractivity contribution < 1.29 is 0 Å². The van der Waals surface area contributed by atoms with Crippen LogP contribution in [0.5, 0.6) is 0 Å². The Morgan fingerprint density at radius 1 is 1.55 bits per heavy atom. The van der Waals surface area contributed by atoms with Gasteiger partial charge in [-0.1, -0.05) is 11.6 Å². The Morgan fingerprint density at radius 2 is 2.09 bits per heavy atom. The first kappa shape index (κ1) is 8.16. The Bertz CT molecular complexity index is 260. The van der Waals surface area contributed by atoms with Crippen molar-refractivity contribution in [3.63, 3.8) is 0 Å². The number of halogens is 1. The Labute approximate surface area is 73.8 Å². The average Bonchev–Trinajstić information content (AvgIpc) is 1.93. The first-order chi connectivity index (χ1) is 5.18. The molecule has 0 aliphatic heterocycles. The van der Waals surface area contributed by atoms with Gasteiger partial charge in [0.25, 0.3) is 0 Å². The predicted octanol–water partition coefficient (Wildman–Crippen LogP) is 0.785. The fourth-order valence-electron chi connectivity index (χ4n) is 0.487. The van der Waals surface area contributed by atoms with E-state index in [1.54, 1.807) is 0 Å². The number of thiocarbonyl (C=S) groups is 1. The van der Waals surface area contributed by atoms with E-state index >= 15 is 0 Å². The molecule has 0 aliphatic carbocycles. The number of nitrogens with one attached hydrogen (secondary N) is 1. The fourth-order valence-corrected chi connectivity index (χ4v) is 0.676. The van der Waals surface area contributed by atoms with Crippen LogP contribution in [0.25, 0.3) is 0 Å². The molecule has 0 unspecified atom stereocenters. The van der Waals surface area contributed by atoms with Crippen molar-refractivity contribution in [1.82, 2.24) is 9.97 Å². The summed E-state index contributed by atoms with van der Waals surface area (Å²) in [5.74, 6) is 0.349. The lowest BCUT2D eigenvalue weighted by Gasteiger charge is -1.99. The fraction of sp³-hybridized carbons (Fsp3) is 0. The summed E-state index contributed by atoms with van der Waals surface area (Å²) in [6.07, 6.45) is 2.91. The van der Waals surface area contributed by atoms with Crippen LogP contribution >= 0.6 is 23.8 Å². The summed E-state index contributed by atoms with van der Waals surface area (Å²) >= 11 is 10.1. The Morgan fingerprint density at radius 3 is 2.55 bits per heavy atom. The second kappa shape index (κ2) is 3.45. The maximum atomic E-state index is 5.53. The van der Waals surface area contributed by atoms with E-state index in [9.17, 15) is 0 Å². The molecule has 0 spiro atoms. The van der Waals surface area contributed by atoms with Crippen LogP contribution in [0.3, 0.4) is 0 Å². The highest BCUT2D eigenvalue weighted by Crippen LogP contribution is 2.04. The van der Waals surface area contributed by atoms with Gasteiger partial charge in [-0.15, -0.1) is 0 Å². The molecule has 0 radical (unpaired) electrons. The van der Waals surface area contributed by atoms with E-state index in [0.29, 0.717) is 11.0 Å².